The summed E-state index contributed by atoms with van der Waals surface area (Å²) in [5.74, 6) is 0.252. The molecular weight excluding hydrogens is 440 g/mol. The van der Waals surface area contributed by atoms with Crippen molar-refractivity contribution in [2.45, 2.75) is 26.5 Å². The molecule has 0 aromatic heterocycles. The molecule has 2 rings (SSSR count). The first-order valence-electron chi connectivity index (χ1n) is 9.71. The predicted molar refractivity (Wildman–Crippen MR) is 123 cm³/mol. The van der Waals surface area contributed by atoms with Gasteiger partial charge in [0, 0.05) is 19.2 Å². The third kappa shape index (κ3) is 8.61. The van der Waals surface area contributed by atoms with E-state index in [4.69, 9.17) is 21.1 Å². The second kappa shape index (κ2) is 11.7. The van der Waals surface area contributed by atoms with Crippen molar-refractivity contribution in [2.24, 2.45) is 0 Å². The molecule has 0 atom stereocenters. The van der Waals surface area contributed by atoms with Gasteiger partial charge >= 0.3 is 0 Å². The average molecular weight is 467 g/mol. The molecule has 0 bridgehead atoms. The molecule has 0 saturated carbocycles. The number of hydrogen-bond acceptors (Lipinski definition) is 5. The van der Waals surface area contributed by atoms with Gasteiger partial charge in [-0.15, -0.1) is 0 Å². The highest BCUT2D eigenvalue weighted by Crippen LogP contribution is 2.37. The molecule has 2 aromatic carbocycles. The number of ether oxygens (including phenoxy) is 2. The van der Waals surface area contributed by atoms with Crippen LogP contribution in [0.25, 0.3) is 6.08 Å². The lowest BCUT2D eigenvalue weighted by atomic mass is 10.2. The van der Waals surface area contributed by atoms with Crippen LogP contribution in [-0.2, 0) is 21.4 Å². The van der Waals surface area contributed by atoms with Crippen LogP contribution in [0.3, 0.4) is 0 Å². The van der Waals surface area contributed by atoms with Crippen molar-refractivity contribution in [1.82, 2.24) is 10.0 Å². The van der Waals surface area contributed by atoms with Crippen LogP contribution in [0.15, 0.2) is 48.5 Å². The van der Waals surface area contributed by atoms with E-state index in [0.29, 0.717) is 22.1 Å². The number of carbonyl (C=O) groups is 1. The summed E-state index contributed by atoms with van der Waals surface area (Å²) >= 11 is 6.27. The van der Waals surface area contributed by atoms with Crippen LogP contribution in [0.5, 0.6) is 11.5 Å². The lowest BCUT2D eigenvalue weighted by Crippen LogP contribution is -2.33. The molecule has 9 heteroatoms. The minimum Gasteiger partial charge on any atom is -0.493 e. The van der Waals surface area contributed by atoms with Crippen LogP contribution in [-0.4, -0.2) is 39.8 Å². The molecule has 2 N–H and O–H groups in total. The summed E-state index contributed by atoms with van der Waals surface area (Å²) in [5, 5.41) is 2.92. The fourth-order valence-electron chi connectivity index (χ4n) is 2.59. The zero-order valence-corrected chi connectivity index (χ0v) is 19.3. The lowest BCUT2D eigenvalue weighted by molar-refractivity contribution is -0.116. The highest BCUT2D eigenvalue weighted by atomic mass is 35.5. The van der Waals surface area contributed by atoms with Gasteiger partial charge < -0.3 is 14.8 Å². The second-order valence-corrected chi connectivity index (χ2v) is 9.28. The third-order valence-electron chi connectivity index (χ3n) is 4.04. The number of methoxy groups -OCH3 is 1. The maximum Gasteiger partial charge on any atom is 0.244 e. The average Bonchev–Trinajstić information content (AvgIpc) is 2.73. The zero-order valence-electron chi connectivity index (χ0n) is 17.7. The predicted octanol–water partition coefficient (Wildman–Crippen LogP) is 3.38. The SMILES string of the molecule is COc1cc(/C=C/C(=O)NCCS(=O)(=O)NCc2ccccc2)cc(Cl)c1OC(C)C. The highest BCUT2D eigenvalue weighted by Gasteiger charge is 2.13. The van der Waals surface area contributed by atoms with Gasteiger partial charge in [-0.05, 0) is 43.2 Å². The quantitative estimate of drug-likeness (QED) is 0.495. The van der Waals surface area contributed by atoms with Gasteiger partial charge in [-0.3, -0.25) is 4.79 Å². The van der Waals surface area contributed by atoms with Gasteiger partial charge in [0.25, 0.3) is 0 Å². The highest BCUT2D eigenvalue weighted by molar-refractivity contribution is 7.89. The number of nitrogens with one attached hydrogen (secondary N) is 2. The number of hydrogen-bond donors (Lipinski definition) is 2. The van der Waals surface area contributed by atoms with E-state index < -0.39 is 15.9 Å². The van der Waals surface area contributed by atoms with Crippen molar-refractivity contribution >= 4 is 33.6 Å². The first-order valence-corrected chi connectivity index (χ1v) is 11.7. The van der Waals surface area contributed by atoms with Gasteiger partial charge in [0.15, 0.2) is 11.5 Å². The summed E-state index contributed by atoms with van der Waals surface area (Å²) in [5.41, 5.74) is 1.50. The summed E-state index contributed by atoms with van der Waals surface area (Å²) in [7, 11) is -2.00. The molecule has 2 aromatic rings. The zero-order chi connectivity index (χ0) is 22.9. The Morgan fingerprint density at radius 2 is 1.90 bits per heavy atom. The first kappa shape index (κ1) is 24.7. The molecule has 0 radical (unpaired) electrons. The monoisotopic (exact) mass is 466 g/mol. The Morgan fingerprint density at radius 1 is 1.19 bits per heavy atom. The summed E-state index contributed by atoms with van der Waals surface area (Å²) < 4.78 is 37.6. The Bertz CT molecular complexity index is 1010. The van der Waals surface area contributed by atoms with Gasteiger partial charge in [-0.25, -0.2) is 13.1 Å². The summed E-state index contributed by atoms with van der Waals surface area (Å²) in [4.78, 5) is 12.0. The van der Waals surface area contributed by atoms with E-state index in [0.717, 1.165) is 5.56 Å². The number of sulfonamides is 1. The van der Waals surface area contributed by atoms with Gasteiger partial charge in [-0.1, -0.05) is 41.9 Å². The molecule has 168 valence electrons. The maximum atomic E-state index is 12.1. The molecule has 0 heterocycles. The number of rotatable bonds is 11. The normalized spacial score (nSPS) is 11.6. The van der Waals surface area contributed by atoms with Crippen LogP contribution in [0.1, 0.15) is 25.0 Å². The molecule has 0 unspecified atom stereocenters. The summed E-state index contributed by atoms with van der Waals surface area (Å²) in [6, 6.07) is 12.6. The van der Waals surface area contributed by atoms with E-state index >= 15 is 0 Å². The topological polar surface area (TPSA) is 93.7 Å². The molecule has 0 saturated heterocycles. The van der Waals surface area contributed by atoms with Crippen molar-refractivity contribution in [2.75, 3.05) is 19.4 Å². The standard InChI is InChI=1S/C22H27ClN2O5S/c1-16(2)30-22-19(23)13-18(14-20(22)29-3)9-10-21(26)24-11-12-31(27,28)25-15-17-7-5-4-6-8-17/h4-10,13-14,16,25H,11-12,15H2,1-3H3,(H,24,26)/b10-9+. The number of carbonyl (C=O) groups excluding carboxylic acids is 1. The summed E-state index contributed by atoms with van der Waals surface area (Å²) in [6.07, 6.45) is 2.79. The van der Waals surface area contributed by atoms with Crippen LogP contribution in [0.2, 0.25) is 5.02 Å². The van der Waals surface area contributed by atoms with Crippen molar-refractivity contribution in [3.8, 4) is 11.5 Å². The van der Waals surface area contributed by atoms with E-state index in [-0.39, 0.29) is 24.9 Å². The number of halogens is 1. The third-order valence-corrected chi connectivity index (χ3v) is 5.65. The largest absolute Gasteiger partial charge is 0.493 e. The van der Waals surface area contributed by atoms with Crippen LogP contribution >= 0.6 is 11.6 Å². The Morgan fingerprint density at radius 3 is 2.55 bits per heavy atom. The van der Waals surface area contributed by atoms with E-state index in [1.165, 1.54) is 13.2 Å². The van der Waals surface area contributed by atoms with Crippen LogP contribution in [0.4, 0.5) is 0 Å². The fourth-order valence-corrected chi connectivity index (χ4v) is 3.75. The first-order chi connectivity index (χ1) is 14.7. The molecule has 1 amide bonds. The minimum absolute atomic E-state index is 0.0153. The number of amides is 1. The minimum atomic E-state index is -3.51. The fraction of sp³-hybridized carbons (Fsp3) is 0.318. The Kier molecular flexibility index (Phi) is 9.36. The van der Waals surface area contributed by atoms with Gasteiger partial charge in [0.1, 0.15) is 0 Å². The van der Waals surface area contributed by atoms with Crippen LogP contribution < -0.4 is 19.5 Å². The summed E-state index contributed by atoms with van der Waals surface area (Å²) in [6.45, 7) is 3.95. The van der Waals surface area contributed by atoms with Crippen molar-refractivity contribution < 1.29 is 22.7 Å². The molecule has 7 nitrogen and oxygen atoms in total. The molecule has 0 fully saturated rings. The van der Waals surface area contributed by atoms with Crippen molar-refractivity contribution in [1.29, 1.82) is 0 Å². The van der Waals surface area contributed by atoms with E-state index in [1.807, 2.05) is 44.2 Å². The number of benzene rings is 2. The molecule has 0 spiro atoms. The second-order valence-electron chi connectivity index (χ2n) is 6.95. The molecule has 31 heavy (non-hydrogen) atoms. The molecular formula is C22H27ClN2O5S. The van der Waals surface area contributed by atoms with E-state index in [1.54, 1.807) is 18.2 Å². The smallest absolute Gasteiger partial charge is 0.244 e. The Balaban J connectivity index is 1.87. The van der Waals surface area contributed by atoms with Gasteiger partial charge in [0.2, 0.25) is 15.9 Å². The Hall–Kier alpha value is -2.55. The van der Waals surface area contributed by atoms with Gasteiger partial charge in [-0.2, -0.15) is 0 Å². The van der Waals surface area contributed by atoms with Crippen molar-refractivity contribution in [3.63, 3.8) is 0 Å². The van der Waals surface area contributed by atoms with Crippen LogP contribution in [0, 0.1) is 0 Å². The molecule has 0 aliphatic rings. The van der Waals surface area contributed by atoms with E-state index in [9.17, 15) is 13.2 Å². The lowest BCUT2D eigenvalue weighted by Gasteiger charge is -2.15. The van der Waals surface area contributed by atoms with Gasteiger partial charge in [0.05, 0.1) is 24.0 Å². The van der Waals surface area contributed by atoms with E-state index in [2.05, 4.69) is 10.0 Å². The molecule has 0 aliphatic carbocycles. The maximum absolute atomic E-state index is 12.1. The van der Waals surface area contributed by atoms with Crippen molar-refractivity contribution in [3.05, 3.63) is 64.7 Å². The Labute approximate surface area is 188 Å². The molecule has 0 aliphatic heterocycles.